The van der Waals surface area contributed by atoms with Gasteiger partial charge in [-0.25, -0.2) is 0 Å². The van der Waals surface area contributed by atoms with E-state index >= 15 is 0 Å². The van der Waals surface area contributed by atoms with E-state index in [4.69, 9.17) is 9.47 Å². The van der Waals surface area contributed by atoms with E-state index in [2.05, 4.69) is 80.3 Å². The molecular weight excluding hydrogens is 488 g/mol. The molecule has 0 bridgehead atoms. The standard InChI is InChI=1S/C10H22O.C8H18O.4C2H6.4C2H4.4CH4/c1-3-5-7-8-10-11-9-6-4-2;1-3-5-7-9-8-6-4-2;8*1-2;;;;/h3-10H2,1-2H3;3-8H2,1-2H3;4*1-2H3;4*1-2H2;4*1H4. The topological polar surface area (TPSA) is 18.5 Å². The molecule has 0 spiro atoms. The van der Waals surface area contributed by atoms with Gasteiger partial charge >= 0.3 is 0 Å². The predicted molar refractivity (Wildman–Crippen MR) is 208 cm³/mol. The molecule has 0 saturated carbocycles. The maximum Gasteiger partial charge on any atom is 0.0466 e. The van der Waals surface area contributed by atoms with E-state index < -0.39 is 0 Å². The monoisotopic (exact) mass is 585 g/mol. The van der Waals surface area contributed by atoms with Gasteiger partial charge in [-0.05, 0) is 25.7 Å². The maximum absolute atomic E-state index is 5.42. The van der Waals surface area contributed by atoms with Gasteiger partial charge in [-0.2, -0.15) is 0 Å². The van der Waals surface area contributed by atoms with Crippen molar-refractivity contribution in [3.8, 4) is 0 Å². The fraction of sp³-hybridized carbons (Fsp3) is 0.789. The molecule has 0 aliphatic carbocycles. The van der Waals surface area contributed by atoms with Crippen LogP contribution in [0.3, 0.4) is 0 Å². The maximum atomic E-state index is 5.42. The molecule has 0 aromatic carbocycles. The molecule has 0 aliphatic heterocycles. The minimum atomic E-state index is 0. The lowest BCUT2D eigenvalue weighted by Crippen LogP contribution is -1.96. The summed E-state index contributed by atoms with van der Waals surface area (Å²) in [6, 6.07) is 0. The van der Waals surface area contributed by atoms with Crippen molar-refractivity contribution < 1.29 is 9.47 Å². The Kier molecular flexibility index (Phi) is 524. The highest BCUT2D eigenvalue weighted by Gasteiger charge is 1.88. The summed E-state index contributed by atoms with van der Waals surface area (Å²) >= 11 is 0. The molecule has 0 atom stereocenters. The molecule has 260 valence electrons. The zero-order valence-electron chi connectivity index (χ0n) is 28.4. The Labute approximate surface area is 265 Å². The molecule has 40 heavy (non-hydrogen) atoms. The van der Waals surface area contributed by atoms with Crippen LogP contribution in [0.15, 0.2) is 52.6 Å². The van der Waals surface area contributed by atoms with Gasteiger partial charge in [-0.15, -0.1) is 52.6 Å². The highest BCUT2D eigenvalue weighted by molar-refractivity contribution is 4.39. The van der Waals surface area contributed by atoms with Crippen molar-refractivity contribution in [3.63, 3.8) is 0 Å². The summed E-state index contributed by atoms with van der Waals surface area (Å²) in [6.45, 7) is 52.6. The smallest absolute Gasteiger partial charge is 0.0466 e. The highest BCUT2D eigenvalue weighted by atomic mass is 16.5. The van der Waals surface area contributed by atoms with E-state index in [1.165, 1.54) is 64.2 Å². The Balaban J connectivity index is -0.0000000176. The molecule has 0 saturated heterocycles. The van der Waals surface area contributed by atoms with Crippen LogP contribution in [0.2, 0.25) is 0 Å². The van der Waals surface area contributed by atoms with Crippen molar-refractivity contribution in [3.05, 3.63) is 52.6 Å². The molecule has 0 fully saturated rings. The van der Waals surface area contributed by atoms with Crippen LogP contribution in [0, 0.1) is 0 Å². The van der Waals surface area contributed by atoms with E-state index in [-0.39, 0.29) is 29.7 Å². The molecule has 2 heteroatoms. The van der Waals surface area contributed by atoms with Gasteiger partial charge in [0.15, 0.2) is 0 Å². The normalized spacial score (nSPS) is 6.10. The van der Waals surface area contributed by atoms with Crippen molar-refractivity contribution in [2.24, 2.45) is 0 Å². The second-order valence-electron chi connectivity index (χ2n) is 5.35. The Morgan fingerprint density at radius 3 is 0.650 bits per heavy atom. The molecule has 0 aromatic rings. The third-order valence-electron chi connectivity index (χ3n) is 3.07. The van der Waals surface area contributed by atoms with Gasteiger partial charge in [0, 0.05) is 26.4 Å². The summed E-state index contributed by atoms with van der Waals surface area (Å²) < 4.78 is 10.7. The molecule has 0 rings (SSSR count). The second kappa shape index (κ2) is 233. The van der Waals surface area contributed by atoms with Gasteiger partial charge in [0.25, 0.3) is 0 Å². The SMILES string of the molecule is C.C.C.C.C=C.C=C.C=C.C=C.CC.CC.CC.CC.CCCCCCOCCCC.CCCCOCCCC. The first-order chi connectivity index (χ1) is 17.8. The zero-order chi connectivity index (χ0) is 31.3. The molecule has 0 heterocycles. The van der Waals surface area contributed by atoms with Crippen LogP contribution < -0.4 is 0 Å². The van der Waals surface area contributed by atoms with Crippen molar-refractivity contribution in [2.75, 3.05) is 26.4 Å². The Bertz CT molecular complexity index is 162. The summed E-state index contributed by atoms with van der Waals surface area (Å²) in [5.74, 6) is 0. The third-order valence-corrected chi connectivity index (χ3v) is 3.07. The summed E-state index contributed by atoms with van der Waals surface area (Å²) in [5.41, 5.74) is 0. The summed E-state index contributed by atoms with van der Waals surface area (Å²) in [7, 11) is 0. The van der Waals surface area contributed by atoms with Crippen LogP contribution in [-0.2, 0) is 9.47 Å². The molecule has 2 nitrogen and oxygen atoms in total. The van der Waals surface area contributed by atoms with Gasteiger partial charge in [-0.3, -0.25) is 0 Å². The van der Waals surface area contributed by atoms with Crippen molar-refractivity contribution in [1.29, 1.82) is 0 Å². The van der Waals surface area contributed by atoms with Crippen LogP contribution in [0.1, 0.15) is 177 Å². The minimum Gasteiger partial charge on any atom is -0.381 e. The Morgan fingerprint density at radius 1 is 0.300 bits per heavy atom. The lowest BCUT2D eigenvalue weighted by molar-refractivity contribution is 0.127. The summed E-state index contributed by atoms with van der Waals surface area (Å²) in [4.78, 5) is 0. The van der Waals surface area contributed by atoms with Crippen molar-refractivity contribution in [1.82, 2.24) is 0 Å². The van der Waals surface area contributed by atoms with E-state index in [0.717, 1.165) is 26.4 Å². The number of rotatable bonds is 14. The molecular formula is C38H96O2. The van der Waals surface area contributed by atoms with Crippen LogP contribution in [0.4, 0.5) is 0 Å². The lowest BCUT2D eigenvalue weighted by atomic mass is 10.2. The van der Waals surface area contributed by atoms with Crippen LogP contribution in [0.5, 0.6) is 0 Å². The number of hydrogen-bond donors (Lipinski definition) is 0. The zero-order valence-corrected chi connectivity index (χ0v) is 28.4. The quantitative estimate of drug-likeness (QED) is 0.149. The highest BCUT2D eigenvalue weighted by Crippen LogP contribution is 1.99. The van der Waals surface area contributed by atoms with Gasteiger partial charge < -0.3 is 9.47 Å². The van der Waals surface area contributed by atoms with Gasteiger partial charge in [0.05, 0.1) is 0 Å². The molecule has 0 N–H and O–H groups in total. The largest absolute Gasteiger partial charge is 0.381 e. The van der Waals surface area contributed by atoms with Gasteiger partial charge in [0.1, 0.15) is 0 Å². The van der Waals surface area contributed by atoms with Crippen LogP contribution in [0.25, 0.3) is 0 Å². The fourth-order valence-electron chi connectivity index (χ4n) is 1.57. The average molecular weight is 585 g/mol. The Morgan fingerprint density at radius 2 is 0.475 bits per heavy atom. The minimum absolute atomic E-state index is 0. The first kappa shape index (κ1) is 90.1. The van der Waals surface area contributed by atoms with Crippen molar-refractivity contribution >= 4 is 0 Å². The van der Waals surface area contributed by atoms with Crippen LogP contribution in [-0.4, -0.2) is 26.4 Å². The number of hydrogen-bond acceptors (Lipinski definition) is 2. The molecule has 0 amide bonds. The fourth-order valence-corrected chi connectivity index (χ4v) is 1.57. The number of ether oxygens (including phenoxy) is 2. The molecule has 0 aliphatic rings. The summed E-state index contributed by atoms with van der Waals surface area (Å²) in [5, 5.41) is 0. The van der Waals surface area contributed by atoms with Crippen LogP contribution >= 0.6 is 0 Å². The van der Waals surface area contributed by atoms with E-state index in [1.54, 1.807) is 0 Å². The average Bonchev–Trinajstić information content (AvgIpc) is 3.01. The molecule has 0 aromatic heterocycles. The summed E-state index contributed by atoms with van der Waals surface area (Å²) in [6.07, 6.45) is 12.6. The number of unbranched alkanes of at least 4 members (excludes halogenated alkanes) is 6. The first-order valence-corrected chi connectivity index (χ1v) is 15.0. The first-order valence-electron chi connectivity index (χ1n) is 15.0. The molecule has 0 unspecified atom stereocenters. The van der Waals surface area contributed by atoms with Gasteiger partial charge in [-0.1, -0.05) is 151 Å². The van der Waals surface area contributed by atoms with E-state index in [9.17, 15) is 0 Å². The second-order valence-corrected chi connectivity index (χ2v) is 5.35. The third kappa shape index (κ3) is 286. The Hall–Kier alpha value is -1.12. The molecule has 0 radical (unpaired) electrons. The van der Waals surface area contributed by atoms with E-state index in [1.807, 2.05) is 55.4 Å². The predicted octanol–water partition coefficient (Wildman–Crippen LogP) is 15.8. The lowest BCUT2D eigenvalue weighted by Gasteiger charge is -2.01. The van der Waals surface area contributed by atoms with Crippen molar-refractivity contribution in [2.45, 2.75) is 177 Å². The van der Waals surface area contributed by atoms with E-state index in [0.29, 0.717) is 0 Å². The van der Waals surface area contributed by atoms with Gasteiger partial charge in [0.2, 0.25) is 0 Å².